The van der Waals surface area contributed by atoms with Crippen LogP contribution in [0.4, 0.5) is 0 Å². The Morgan fingerprint density at radius 3 is 1.00 bits per heavy atom. The van der Waals surface area contributed by atoms with Crippen molar-refractivity contribution in [2.75, 3.05) is 0 Å². The van der Waals surface area contributed by atoms with Gasteiger partial charge >= 0.3 is 0 Å². The molecule has 0 aromatic rings. The van der Waals surface area contributed by atoms with Crippen LogP contribution in [-0.4, -0.2) is 0 Å². The van der Waals surface area contributed by atoms with Crippen LogP contribution in [0, 0.1) is 124 Å². The summed E-state index contributed by atoms with van der Waals surface area (Å²) in [5.41, 5.74) is 0. The number of hydrogen-bond acceptors (Lipinski definition) is 0. The van der Waals surface area contributed by atoms with Crippen LogP contribution < -0.4 is 0 Å². The van der Waals surface area contributed by atoms with E-state index in [0.29, 0.717) is 0 Å². The van der Waals surface area contributed by atoms with Gasteiger partial charge in [-0.05, 0) is 0 Å². The van der Waals surface area contributed by atoms with Crippen molar-refractivity contribution in [3.63, 3.8) is 0 Å². The summed E-state index contributed by atoms with van der Waals surface area (Å²) in [4.78, 5) is 0. The second kappa shape index (κ2) is 15.7. The third-order valence-electron chi connectivity index (χ3n) is 0. The summed E-state index contributed by atoms with van der Waals surface area (Å²) in [6, 6.07) is 0. The predicted molar refractivity (Wildman–Crippen MR) is 0 cm³/mol. The summed E-state index contributed by atoms with van der Waals surface area (Å²) < 4.78 is 0. The molecule has 0 heterocycles. The molecular weight excluding hydrogens is 516 g/mol. The molecule has 0 amide bonds. The molecule has 0 spiro atoms. The van der Waals surface area contributed by atoms with Gasteiger partial charge in [-0.15, -0.1) is 0 Å². The average Bonchev–Trinajstić information content (AvgIpc) is 0. The van der Waals surface area contributed by atoms with E-state index < -0.39 is 0 Å². The summed E-state index contributed by atoms with van der Waals surface area (Å²) in [7, 11) is 0. The molecule has 1 radical (unpaired) electrons. The Bertz CT molecular complexity index is 8.00. The third-order valence-corrected chi connectivity index (χ3v) is 0. The standard InChI is InChI=1S/Ce.Nd.Pr.Zr. The molecule has 4 heavy (non-hydrogen) atoms. The molecule has 0 bridgehead atoms. The summed E-state index contributed by atoms with van der Waals surface area (Å²) in [5.74, 6) is 0. The fourth-order valence-corrected chi connectivity index (χ4v) is 0. The van der Waals surface area contributed by atoms with Crippen LogP contribution >= 0.6 is 0 Å². The quantitative estimate of drug-likeness (QED) is 0.426. The van der Waals surface area contributed by atoms with Crippen LogP contribution in [0.5, 0.6) is 0 Å². The molecule has 0 saturated carbocycles. The molecule has 0 rings (SSSR count). The monoisotopic (exact) mass is 513 g/mol. The van der Waals surface area contributed by atoms with E-state index >= 15 is 0 Å². The van der Waals surface area contributed by atoms with Gasteiger partial charge in [-0.1, -0.05) is 0 Å². The molecule has 0 aliphatic rings. The van der Waals surface area contributed by atoms with Crippen molar-refractivity contribution in [3.05, 3.63) is 0 Å². The first-order chi connectivity index (χ1) is 0. The van der Waals surface area contributed by atoms with Gasteiger partial charge in [-0.2, -0.15) is 0 Å². The van der Waals surface area contributed by atoms with E-state index in [1.807, 2.05) is 0 Å². The Morgan fingerprint density at radius 1 is 1.00 bits per heavy atom. The van der Waals surface area contributed by atoms with E-state index in [4.69, 9.17) is 0 Å². The van der Waals surface area contributed by atoms with Gasteiger partial charge < -0.3 is 0 Å². The van der Waals surface area contributed by atoms with Gasteiger partial charge in [0.2, 0.25) is 0 Å². The minimum Gasteiger partial charge on any atom is 0 e. The van der Waals surface area contributed by atoms with Gasteiger partial charge in [0.15, 0.2) is 0 Å². The van der Waals surface area contributed by atoms with Gasteiger partial charge in [-0.25, -0.2) is 0 Å². The Morgan fingerprint density at radius 2 is 1.00 bits per heavy atom. The molecule has 0 unspecified atom stereocenters. The fraction of sp³-hybridized carbons (Fsp3) is 0. The van der Waals surface area contributed by atoms with Crippen LogP contribution in [0.25, 0.3) is 0 Å². The van der Waals surface area contributed by atoms with Crippen LogP contribution in [0.2, 0.25) is 0 Å². The second-order valence-electron chi connectivity index (χ2n) is 0. The van der Waals surface area contributed by atoms with Crippen LogP contribution in [0.1, 0.15) is 0 Å². The minimum absolute atomic E-state index is 0. The number of rotatable bonds is 0. The van der Waals surface area contributed by atoms with Crippen LogP contribution in [0.3, 0.4) is 0 Å². The molecule has 0 aliphatic carbocycles. The van der Waals surface area contributed by atoms with E-state index in [0.717, 1.165) is 0 Å². The maximum atomic E-state index is 0. The van der Waals surface area contributed by atoms with Gasteiger partial charge in [0, 0.05) is 150 Å². The molecule has 0 atom stereocenters. The summed E-state index contributed by atoms with van der Waals surface area (Å²) in [5, 5.41) is 0. The second-order valence-corrected chi connectivity index (χ2v) is 0. The van der Waals surface area contributed by atoms with Gasteiger partial charge in [0.25, 0.3) is 0 Å². The molecule has 0 N–H and O–H groups in total. The van der Waals surface area contributed by atoms with Crippen molar-refractivity contribution in [1.82, 2.24) is 0 Å². The topological polar surface area (TPSA) is 0 Å². The molecule has 4 heteroatoms. The Kier molecular flexibility index (Phi) is 90.4. The van der Waals surface area contributed by atoms with Gasteiger partial charge in [-0.3, -0.25) is 0 Å². The SMILES string of the molecule is [Ce].[Nd].[Pr].[Zr]. The molecule has 15 valence electrons. The smallest absolute Gasteiger partial charge is 0 e. The van der Waals surface area contributed by atoms with E-state index in [1.165, 1.54) is 0 Å². The van der Waals surface area contributed by atoms with Gasteiger partial charge in [0.1, 0.15) is 0 Å². The third kappa shape index (κ3) is 10.1. The molecule has 0 saturated heterocycles. The van der Waals surface area contributed by atoms with Crippen molar-refractivity contribution in [2.24, 2.45) is 0 Å². The maximum absolute atomic E-state index is 0. The average molecular weight is 516 g/mol. The van der Waals surface area contributed by atoms with Gasteiger partial charge in [0.05, 0.1) is 0 Å². The molecule has 0 aromatic heterocycles. The van der Waals surface area contributed by atoms with Crippen LogP contribution in [-0.2, 0) is 26.2 Å². The summed E-state index contributed by atoms with van der Waals surface area (Å²) >= 11 is 0. The van der Waals surface area contributed by atoms with E-state index in [1.54, 1.807) is 0 Å². The van der Waals surface area contributed by atoms with Crippen molar-refractivity contribution in [1.29, 1.82) is 0 Å². The summed E-state index contributed by atoms with van der Waals surface area (Å²) in [6.45, 7) is 0. The van der Waals surface area contributed by atoms with Crippen LogP contribution in [0.15, 0.2) is 0 Å². The Balaban J connectivity index is 0. The van der Waals surface area contributed by atoms with Crippen molar-refractivity contribution in [2.45, 2.75) is 0 Å². The van der Waals surface area contributed by atoms with Crippen molar-refractivity contribution < 1.29 is 150 Å². The first-order valence-corrected chi connectivity index (χ1v) is 0. The van der Waals surface area contributed by atoms with Crippen molar-refractivity contribution in [3.8, 4) is 0 Å². The molecule has 0 aromatic carbocycles. The van der Waals surface area contributed by atoms with E-state index in [-0.39, 0.29) is 150 Å². The molecule has 0 aliphatic heterocycles. The molecule has 0 nitrogen and oxygen atoms in total. The zero-order valence-corrected chi connectivity index (χ0v) is 14.6. The predicted octanol–water partition coefficient (Wildman–Crippen LogP) is -0.00250. The normalized spacial score (nSPS) is 0. The van der Waals surface area contributed by atoms with Crippen molar-refractivity contribution >= 4 is 0 Å². The number of hydrogen-bond donors (Lipinski definition) is 0. The first-order valence-electron chi connectivity index (χ1n) is 0. The first kappa shape index (κ1) is 23.1. The minimum atomic E-state index is 0. The van der Waals surface area contributed by atoms with E-state index in [2.05, 4.69) is 0 Å². The zero-order valence-electron chi connectivity index (χ0n) is 2.08. The molecule has 0 fully saturated rings. The maximum Gasteiger partial charge on any atom is 0 e. The Labute approximate surface area is 145 Å². The zero-order chi connectivity index (χ0) is 0. The summed E-state index contributed by atoms with van der Waals surface area (Å²) in [6.07, 6.45) is 0. The molecular formula is CeNdPrZr. The fourth-order valence-electron chi connectivity index (χ4n) is 0. The largest absolute Gasteiger partial charge is 0 e. The Hall–Kier alpha value is 4.97. The van der Waals surface area contributed by atoms with E-state index in [9.17, 15) is 0 Å².